The van der Waals surface area contributed by atoms with E-state index in [1.54, 1.807) is 7.11 Å². The van der Waals surface area contributed by atoms with Crippen LogP contribution in [0.1, 0.15) is 32.1 Å². The first-order chi connectivity index (χ1) is 11.1. The van der Waals surface area contributed by atoms with Crippen LogP contribution in [-0.4, -0.2) is 85.9 Å². The standard InChI is InChI=1S/C17H31N3O3/c1-23-13-14(20-11-8-18-7-2-16(20)22)3-9-19-10-6-17(4-5-17)15(21)12-19/h14-15,18,21H,2-13H2,1H3/t14?,15-/m1/s1. The summed E-state index contributed by atoms with van der Waals surface area (Å²) in [4.78, 5) is 16.7. The Labute approximate surface area is 139 Å². The number of nitrogens with zero attached hydrogens (tertiary/aromatic N) is 2. The Morgan fingerprint density at radius 1 is 1.35 bits per heavy atom. The third-order valence-electron chi connectivity index (χ3n) is 5.90. The van der Waals surface area contributed by atoms with E-state index in [1.807, 2.05) is 4.90 Å². The van der Waals surface area contributed by atoms with E-state index in [1.165, 1.54) is 12.8 Å². The summed E-state index contributed by atoms with van der Waals surface area (Å²) < 4.78 is 5.37. The first-order valence-corrected chi connectivity index (χ1v) is 9.04. The number of nitrogens with one attached hydrogen (secondary N) is 1. The van der Waals surface area contributed by atoms with Gasteiger partial charge in [-0.2, -0.15) is 0 Å². The number of hydrogen-bond donors (Lipinski definition) is 2. The highest BCUT2D eigenvalue weighted by atomic mass is 16.5. The summed E-state index contributed by atoms with van der Waals surface area (Å²) >= 11 is 0. The van der Waals surface area contributed by atoms with Crippen molar-refractivity contribution in [2.24, 2.45) is 5.41 Å². The molecule has 0 bridgehead atoms. The number of piperidine rings is 1. The predicted octanol–water partition coefficient (Wildman–Crippen LogP) is 0.0602. The molecule has 3 aliphatic rings. The summed E-state index contributed by atoms with van der Waals surface area (Å²) in [6.07, 6.45) is 4.84. The first-order valence-electron chi connectivity index (χ1n) is 9.04. The van der Waals surface area contributed by atoms with Crippen molar-refractivity contribution in [3.05, 3.63) is 0 Å². The summed E-state index contributed by atoms with van der Waals surface area (Å²) in [7, 11) is 1.70. The molecule has 0 aromatic rings. The van der Waals surface area contributed by atoms with Crippen LogP contribution in [0.2, 0.25) is 0 Å². The molecular formula is C17H31N3O3. The fraction of sp³-hybridized carbons (Fsp3) is 0.941. The molecule has 2 N–H and O–H groups in total. The second kappa shape index (κ2) is 7.47. The molecule has 2 saturated heterocycles. The largest absolute Gasteiger partial charge is 0.391 e. The minimum absolute atomic E-state index is 0.140. The van der Waals surface area contributed by atoms with Gasteiger partial charge in [0.05, 0.1) is 18.8 Å². The van der Waals surface area contributed by atoms with E-state index >= 15 is 0 Å². The number of aliphatic hydroxyl groups is 1. The van der Waals surface area contributed by atoms with Crippen molar-refractivity contribution in [2.75, 3.05) is 53.0 Å². The average Bonchev–Trinajstić information content (AvgIpc) is 3.33. The van der Waals surface area contributed by atoms with Crippen molar-refractivity contribution in [1.82, 2.24) is 15.1 Å². The number of likely N-dealkylation sites (tertiary alicyclic amines) is 1. The molecule has 2 atom stereocenters. The molecule has 1 aliphatic carbocycles. The Kier molecular flexibility index (Phi) is 5.57. The van der Waals surface area contributed by atoms with Gasteiger partial charge >= 0.3 is 0 Å². The number of hydrogen-bond acceptors (Lipinski definition) is 5. The minimum Gasteiger partial charge on any atom is -0.391 e. The second-order valence-electron chi connectivity index (χ2n) is 7.41. The maximum absolute atomic E-state index is 12.3. The zero-order chi connectivity index (χ0) is 16.3. The lowest BCUT2D eigenvalue weighted by molar-refractivity contribution is -0.134. The van der Waals surface area contributed by atoms with Crippen LogP contribution in [-0.2, 0) is 9.53 Å². The van der Waals surface area contributed by atoms with Gasteiger partial charge in [-0.1, -0.05) is 0 Å². The van der Waals surface area contributed by atoms with Crippen LogP contribution in [0.4, 0.5) is 0 Å². The number of carbonyl (C=O) groups excluding carboxylic acids is 1. The molecule has 1 saturated carbocycles. The van der Waals surface area contributed by atoms with Gasteiger partial charge < -0.3 is 25.0 Å². The molecule has 1 spiro atoms. The molecule has 3 rings (SSSR count). The number of ether oxygens (including phenoxy) is 1. The molecule has 1 amide bonds. The highest BCUT2D eigenvalue weighted by molar-refractivity contribution is 5.77. The highest BCUT2D eigenvalue weighted by Gasteiger charge is 2.51. The van der Waals surface area contributed by atoms with E-state index in [0.717, 1.165) is 52.1 Å². The molecule has 0 aromatic carbocycles. The molecule has 0 radical (unpaired) electrons. The number of β-amino-alcohol motifs (C(OH)–C–C–N with tert-alkyl or cyclic N) is 1. The zero-order valence-corrected chi connectivity index (χ0v) is 14.3. The normalized spacial score (nSPS) is 29.6. The van der Waals surface area contributed by atoms with E-state index in [0.29, 0.717) is 13.0 Å². The fourth-order valence-electron chi connectivity index (χ4n) is 4.05. The van der Waals surface area contributed by atoms with E-state index in [2.05, 4.69) is 10.2 Å². The van der Waals surface area contributed by atoms with Gasteiger partial charge in [-0.15, -0.1) is 0 Å². The molecule has 0 aromatic heterocycles. The van der Waals surface area contributed by atoms with Crippen LogP contribution in [0.5, 0.6) is 0 Å². The van der Waals surface area contributed by atoms with Crippen LogP contribution in [0.25, 0.3) is 0 Å². The Hall–Kier alpha value is -0.690. The number of rotatable bonds is 6. The van der Waals surface area contributed by atoms with Gasteiger partial charge in [0, 0.05) is 46.3 Å². The Bertz CT molecular complexity index is 414. The molecule has 23 heavy (non-hydrogen) atoms. The predicted molar refractivity (Wildman–Crippen MR) is 88.2 cm³/mol. The first kappa shape index (κ1) is 17.1. The third-order valence-corrected chi connectivity index (χ3v) is 5.90. The number of amides is 1. The van der Waals surface area contributed by atoms with Gasteiger partial charge in [0.2, 0.25) is 5.91 Å². The fourth-order valence-corrected chi connectivity index (χ4v) is 4.05. The highest BCUT2D eigenvalue weighted by Crippen LogP contribution is 2.53. The van der Waals surface area contributed by atoms with Crippen LogP contribution < -0.4 is 5.32 Å². The summed E-state index contributed by atoms with van der Waals surface area (Å²) in [5.74, 6) is 0.229. The summed E-state index contributed by atoms with van der Waals surface area (Å²) in [5, 5.41) is 13.6. The lowest BCUT2D eigenvalue weighted by Gasteiger charge is -2.38. The topological polar surface area (TPSA) is 65.0 Å². The van der Waals surface area contributed by atoms with Gasteiger partial charge in [0.1, 0.15) is 0 Å². The Balaban J connectivity index is 1.51. The van der Waals surface area contributed by atoms with E-state index < -0.39 is 0 Å². The van der Waals surface area contributed by atoms with E-state index in [4.69, 9.17) is 4.74 Å². The van der Waals surface area contributed by atoms with Gasteiger partial charge in [0.15, 0.2) is 0 Å². The second-order valence-corrected chi connectivity index (χ2v) is 7.41. The maximum atomic E-state index is 12.3. The zero-order valence-electron chi connectivity index (χ0n) is 14.3. The molecule has 2 heterocycles. The smallest absolute Gasteiger partial charge is 0.224 e. The van der Waals surface area contributed by atoms with Crippen LogP contribution in [0.15, 0.2) is 0 Å². The average molecular weight is 325 g/mol. The lowest BCUT2D eigenvalue weighted by atomic mass is 9.90. The molecular weight excluding hydrogens is 294 g/mol. The number of aliphatic hydroxyl groups excluding tert-OH is 1. The molecule has 6 heteroatoms. The molecule has 1 unspecified atom stereocenters. The molecule has 132 valence electrons. The molecule has 6 nitrogen and oxygen atoms in total. The van der Waals surface area contributed by atoms with E-state index in [-0.39, 0.29) is 23.5 Å². The van der Waals surface area contributed by atoms with Crippen molar-refractivity contribution in [3.8, 4) is 0 Å². The lowest BCUT2D eigenvalue weighted by Crippen LogP contribution is -2.48. The SMILES string of the molecule is COCC(CCN1CCC2(CC2)[C@H](O)C1)N1CCNCCC1=O. The number of carbonyl (C=O) groups is 1. The Morgan fingerprint density at radius 3 is 2.87 bits per heavy atom. The van der Waals surface area contributed by atoms with Crippen molar-refractivity contribution >= 4 is 5.91 Å². The van der Waals surface area contributed by atoms with Gasteiger partial charge in [-0.3, -0.25) is 4.79 Å². The van der Waals surface area contributed by atoms with Gasteiger partial charge in [-0.05, 0) is 37.6 Å². The molecule has 2 aliphatic heterocycles. The summed E-state index contributed by atoms with van der Waals surface area (Å²) in [5.41, 5.74) is 0.259. The summed E-state index contributed by atoms with van der Waals surface area (Å²) in [6.45, 7) is 5.77. The minimum atomic E-state index is -0.166. The molecule has 3 fully saturated rings. The van der Waals surface area contributed by atoms with Gasteiger partial charge in [-0.25, -0.2) is 0 Å². The Morgan fingerprint density at radius 2 is 2.17 bits per heavy atom. The van der Waals surface area contributed by atoms with Crippen LogP contribution in [0.3, 0.4) is 0 Å². The maximum Gasteiger partial charge on any atom is 0.224 e. The number of methoxy groups -OCH3 is 1. The van der Waals surface area contributed by atoms with Crippen molar-refractivity contribution < 1.29 is 14.6 Å². The quantitative estimate of drug-likeness (QED) is 0.723. The van der Waals surface area contributed by atoms with Crippen molar-refractivity contribution in [1.29, 1.82) is 0 Å². The van der Waals surface area contributed by atoms with Gasteiger partial charge in [0.25, 0.3) is 0 Å². The van der Waals surface area contributed by atoms with Crippen molar-refractivity contribution in [3.63, 3.8) is 0 Å². The van der Waals surface area contributed by atoms with Crippen LogP contribution in [0, 0.1) is 5.41 Å². The van der Waals surface area contributed by atoms with Crippen LogP contribution >= 0.6 is 0 Å². The van der Waals surface area contributed by atoms with E-state index in [9.17, 15) is 9.90 Å². The third kappa shape index (κ3) is 4.05. The van der Waals surface area contributed by atoms with Crippen molar-refractivity contribution in [2.45, 2.75) is 44.2 Å². The summed E-state index contributed by atoms with van der Waals surface area (Å²) in [6, 6.07) is 0.140. The monoisotopic (exact) mass is 325 g/mol.